The molecule has 0 unspecified atom stereocenters. The van der Waals surface area contributed by atoms with Crippen LogP contribution in [0, 0.1) is 29.0 Å². The van der Waals surface area contributed by atoms with Crippen LogP contribution in [0.5, 0.6) is 0 Å². The van der Waals surface area contributed by atoms with Gasteiger partial charge >= 0.3 is 0 Å². The van der Waals surface area contributed by atoms with Crippen molar-refractivity contribution in [1.29, 1.82) is 5.26 Å². The maximum atomic E-state index is 13.2. The lowest BCUT2D eigenvalue weighted by Crippen LogP contribution is -1.85. The lowest BCUT2D eigenvalue weighted by atomic mass is 10.1. The molecule has 2 nitrogen and oxygen atoms in total. The van der Waals surface area contributed by atoms with Gasteiger partial charge in [-0.3, -0.25) is 0 Å². The fourth-order valence-corrected chi connectivity index (χ4v) is 1.49. The molecule has 0 aliphatic rings. The molecule has 0 bridgehead atoms. The van der Waals surface area contributed by atoms with Gasteiger partial charge in [-0.2, -0.15) is 5.26 Å². The van der Waals surface area contributed by atoms with Crippen LogP contribution in [0.25, 0.3) is 0 Å². The summed E-state index contributed by atoms with van der Waals surface area (Å²) in [5.41, 5.74) is 7.72. The number of anilines is 1. The van der Waals surface area contributed by atoms with Gasteiger partial charge in [0.1, 0.15) is 5.82 Å². The first-order valence-electron chi connectivity index (χ1n) is 5.25. The molecule has 0 saturated heterocycles. The highest BCUT2D eigenvalue weighted by Gasteiger charge is 1.97. The summed E-state index contributed by atoms with van der Waals surface area (Å²) < 4.78 is 13.2. The van der Waals surface area contributed by atoms with Crippen LogP contribution in [0.3, 0.4) is 0 Å². The molecule has 0 spiro atoms. The number of rotatable bonds is 0. The van der Waals surface area contributed by atoms with Gasteiger partial charge in [0.15, 0.2) is 0 Å². The zero-order valence-electron chi connectivity index (χ0n) is 9.44. The fourth-order valence-electron chi connectivity index (χ4n) is 1.49. The van der Waals surface area contributed by atoms with E-state index in [-0.39, 0.29) is 5.56 Å². The third-order valence-corrected chi connectivity index (χ3v) is 2.26. The number of hydrogen-bond donors (Lipinski definition) is 1. The molecule has 2 rings (SSSR count). The molecule has 18 heavy (non-hydrogen) atoms. The highest BCUT2D eigenvalue weighted by atomic mass is 19.1. The number of nitriles is 1. The first-order chi connectivity index (χ1) is 8.67. The van der Waals surface area contributed by atoms with Gasteiger partial charge in [-0.05, 0) is 36.4 Å². The Morgan fingerprint density at radius 1 is 0.944 bits per heavy atom. The Balaban J connectivity index is 2.36. The van der Waals surface area contributed by atoms with E-state index >= 15 is 0 Å². The van der Waals surface area contributed by atoms with Crippen molar-refractivity contribution in [2.75, 3.05) is 5.73 Å². The van der Waals surface area contributed by atoms with Crippen LogP contribution in [0.2, 0.25) is 0 Å². The maximum Gasteiger partial charge on any atom is 0.125 e. The fraction of sp³-hybridized carbons (Fsp3) is 0. The van der Waals surface area contributed by atoms with Crippen LogP contribution in [0.15, 0.2) is 42.5 Å². The van der Waals surface area contributed by atoms with Crippen molar-refractivity contribution in [2.45, 2.75) is 0 Å². The van der Waals surface area contributed by atoms with Crippen molar-refractivity contribution >= 4 is 5.69 Å². The van der Waals surface area contributed by atoms with Gasteiger partial charge in [0.25, 0.3) is 0 Å². The Morgan fingerprint density at radius 2 is 1.67 bits per heavy atom. The van der Waals surface area contributed by atoms with E-state index in [2.05, 4.69) is 11.8 Å². The standard InChI is InChI=1S/C15H9FN2/c16-14-7-12(6-13(8-14)10-17)5-4-11-2-1-3-15(18)9-11/h1-3,6-9H,18H2. The number of hydrogen-bond acceptors (Lipinski definition) is 2. The van der Waals surface area contributed by atoms with Crippen LogP contribution in [0.1, 0.15) is 16.7 Å². The normalized spacial score (nSPS) is 9.11. The molecule has 0 atom stereocenters. The second-order valence-electron chi connectivity index (χ2n) is 3.72. The monoisotopic (exact) mass is 236 g/mol. The van der Waals surface area contributed by atoms with Crippen molar-refractivity contribution in [3.8, 4) is 17.9 Å². The van der Waals surface area contributed by atoms with Crippen molar-refractivity contribution in [3.05, 3.63) is 65.0 Å². The molecule has 0 aromatic heterocycles. The van der Waals surface area contributed by atoms with E-state index < -0.39 is 5.82 Å². The first kappa shape index (κ1) is 11.7. The van der Waals surface area contributed by atoms with Gasteiger partial charge in [-0.25, -0.2) is 4.39 Å². The summed E-state index contributed by atoms with van der Waals surface area (Å²) in [6.07, 6.45) is 0. The minimum atomic E-state index is -0.467. The van der Waals surface area contributed by atoms with Crippen LogP contribution in [-0.2, 0) is 0 Å². The van der Waals surface area contributed by atoms with Gasteiger partial charge in [-0.15, -0.1) is 0 Å². The summed E-state index contributed by atoms with van der Waals surface area (Å²) in [7, 11) is 0. The minimum absolute atomic E-state index is 0.256. The van der Waals surface area contributed by atoms with E-state index in [1.54, 1.807) is 24.3 Å². The summed E-state index contributed by atoms with van der Waals surface area (Å²) in [4.78, 5) is 0. The molecule has 0 amide bonds. The van der Waals surface area contributed by atoms with Gasteiger partial charge < -0.3 is 5.73 Å². The van der Waals surface area contributed by atoms with Crippen LogP contribution in [-0.4, -0.2) is 0 Å². The van der Waals surface area contributed by atoms with Gasteiger partial charge in [0.05, 0.1) is 11.6 Å². The highest BCUT2D eigenvalue weighted by Crippen LogP contribution is 2.09. The van der Waals surface area contributed by atoms with Gasteiger partial charge in [-0.1, -0.05) is 17.9 Å². The summed E-state index contributed by atoms with van der Waals surface area (Å²) in [6.45, 7) is 0. The molecular formula is C15H9FN2. The maximum absolute atomic E-state index is 13.2. The molecule has 0 radical (unpaired) electrons. The predicted octanol–water partition coefficient (Wildman–Crippen LogP) is 2.68. The summed E-state index contributed by atoms with van der Waals surface area (Å²) >= 11 is 0. The van der Waals surface area contributed by atoms with E-state index in [0.29, 0.717) is 11.3 Å². The zero-order chi connectivity index (χ0) is 13.0. The predicted molar refractivity (Wildman–Crippen MR) is 67.9 cm³/mol. The Hall–Kier alpha value is -2.78. The van der Waals surface area contributed by atoms with Gasteiger partial charge in [0.2, 0.25) is 0 Å². The largest absolute Gasteiger partial charge is 0.399 e. The SMILES string of the molecule is N#Cc1cc(F)cc(C#Cc2cccc(N)c2)c1. The number of nitrogens with two attached hydrogens (primary N) is 1. The first-order valence-corrected chi connectivity index (χ1v) is 5.25. The molecule has 3 heteroatoms. The molecule has 2 aromatic carbocycles. The Kier molecular flexibility index (Phi) is 3.27. The Labute approximate surface area is 104 Å². The molecule has 0 saturated carbocycles. The number of nitrogen functional groups attached to an aromatic ring is 1. The summed E-state index contributed by atoms with van der Waals surface area (Å²) in [5.74, 6) is 5.21. The van der Waals surface area contributed by atoms with Crippen molar-refractivity contribution < 1.29 is 4.39 Å². The van der Waals surface area contributed by atoms with E-state index in [0.717, 1.165) is 5.56 Å². The third-order valence-electron chi connectivity index (χ3n) is 2.26. The van der Waals surface area contributed by atoms with E-state index in [1.165, 1.54) is 12.1 Å². The lowest BCUT2D eigenvalue weighted by Gasteiger charge is -1.94. The second kappa shape index (κ2) is 5.03. The summed E-state index contributed by atoms with van der Waals surface area (Å²) in [5, 5.41) is 8.73. The van der Waals surface area contributed by atoms with Crippen molar-refractivity contribution in [3.63, 3.8) is 0 Å². The molecule has 2 N–H and O–H groups in total. The number of halogens is 1. The van der Waals surface area contributed by atoms with E-state index in [4.69, 9.17) is 11.0 Å². The minimum Gasteiger partial charge on any atom is -0.399 e. The zero-order valence-corrected chi connectivity index (χ0v) is 9.44. The average molecular weight is 236 g/mol. The molecule has 0 fully saturated rings. The lowest BCUT2D eigenvalue weighted by molar-refractivity contribution is 0.627. The molecule has 2 aromatic rings. The topological polar surface area (TPSA) is 49.8 Å². The average Bonchev–Trinajstić information content (AvgIpc) is 2.36. The third kappa shape index (κ3) is 2.87. The summed E-state index contributed by atoms with van der Waals surface area (Å²) in [6, 6.07) is 13.0. The quantitative estimate of drug-likeness (QED) is 0.564. The van der Waals surface area contributed by atoms with Crippen LogP contribution >= 0.6 is 0 Å². The smallest absolute Gasteiger partial charge is 0.125 e. The van der Waals surface area contributed by atoms with Crippen LogP contribution in [0.4, 0.5) is 10.1 Å². The Bertz CT molecular complexity index is 688. The number of nitrogens with zero attached hydrogens (tertiary/aromatic N) is 1. The second-order valence-corrected chi connectivity index (χ2v) is 3.72. The van der Waals surface area contributed by atoms with Crippen molar-refractivity contribution in [1.82, 2.24) is 0 Å². The van der Waals surface area contributed by atoms with Gasteiger partial charge in [0, 0.05) is 16.8 Å². The van der Waals surface area contributed by atoms with E-state index in [9.17, 15) is 4.39 Å². The van der Waals surface area contributed by atoms with Crippen molar-refractivity contribution in [2.24, 2.45) is 0 Å². The van der Waals surface area contributed by atoms with E-state index in [1.807, 2.05) is 12.1 Å². The van der Waals surface area contributed by atoms with Crippen LogP contribution < -0.4 is 5.73 Å². The molecule has 0 aliphatic heterocycles. The molecule has 0 heterocycles. The highest BCUT2D eigenvalue weighted by molar-refractivity contribution is 5.50. The number of benzene rings is 2. The molecule has 0 aliphatic carbocycles. The molecular weight excluding hydrogens is 227 g/mol. The molecule has 86 valence electrons. The Morgan fingerprint density at radius 3 is 2.39 bits per heavy atom.